The molecule has 0 aromatic carbocycles. The van der Waals surface area contributed by atoms with Crippen molar-refractivity contribution in [1.29, 1.82) is 0 Å². The molecule has 3 aliphatic rings. The fourth-order valence-electron chi connectivity index (χ4n) is 2.68. The lowest BCUT2D eigenvalue weighted by Crippen LogP contribution is -2.39. The van der Waals surface area contributed by atoms with Crippen molar-refractivity contribution in [3.8, 4) is 0 Å². The zero-order chi connectivity index (χ0) is 8.11. The molecular formula is C10H18O. The van der Waals surface area contributed by atoms with Gasteiger partial charge in [0.1, 0.15) is 0 Å². The number of fused-ring (bicyclic) bond motifs is 1. The van der Waals surface area contributed by atoms with Crippen molar-refractivity contribution in [3.63, 3.8) is 0 Å². The quantitative estimate of drug-likeness (QED) is 0.564. The minimum atomic E-state index is 0.322. The van der Waals surface area contributed by atoms with Crippen LogP contribution in [0.25, 0.3) is 0 Å². The molecule has 0 spiro atoms. The van der Waals surface area contributed by atoms with E-state index in [0.29, 0.717) is 11.0 Å². The van der Waals surface area contributed by atoms with Gasteiger partial charge in [-0.3, -0.25) is 0 Å². The van der Waals surface area contributed by atoms with Crippen LogP contribution >= 0.6 is 0 Å². The normalized spacial score (nSPS) is 42.3. The van der Waals surface area contributed by atoms with Crippen LogP contribution in [0.1, 0.15) is 40.0 Å². The summed E-state index contributed by atoms with van der Waals surface area (Å²) in [5, 5.41) is 0. The average Bonchev–Trinajstić information content (AvgIpc) is 2.15. The van der Waals surface area contributed by atoms with E-state index >= 15 is 0 Å². The minimum absolute atomic E-state index is 0.322. The second-order valence-electron chi connectivity index (χ2n) is 5.51. The largest absolute Gasteiger partial charge is 0.375 e. The van der Waals surface area contributed by atoms with E-state index in [0.717, 1.165) is 12.5 Å². The van der Waals surface area contributed by atoms with Gasteiger partial charge in [-0.05, 0) is 30.6 Å². The second kappa shape index (κ2) is 2.01. The maximum atomic E-state index is 5.79. The molecule has 0 atom stereocenters. The molecule has 3 rings (SSSR count). The topological polar surface area (TPSA) is 9.23 Å². The maximum Gasteiger partial charge on any atom is 0.0694 e. The van der Waals surface area contributed by atoms with Crippen molar-refractivity contribution in [2.75, 3.05) is 6.61 Å². The fraction of sp³-hybridized carbons (Fsp3) is 1.00. The highest BCUT2D eigenvalue weighted by atomic mass is 16.5. The number of hydrogen-bond donors (Lipinski definition) is 0. The number of ether oxygens (including phenoxy) is 1. The molecule has 0 amide bonds. The van der Waals surface area contributed by atoms with Crippen LogP contribution in [0.4, 0.5) is 0 Å². The summed E-state index contributed by atoms with van der Waals surface area (Å²) in [4.78, 5) is 0. The summed E-state index contributed by atoms with van der Waals surface area (Å²) in [6.45, 7) is 7.94. The Hall–Kier alpha value is -0.0400. The van der Waals surface area contributed by atoms with Crippen molar-refractivity contribution in [2.45, 2.75) is 45.6 Å². The molecule has 2 saturated heterocycles. The molecule has 64 valence electrons. The Balaban J connectivity index is 1.96. The Labute approximate surface area is 69.1 Å². The third-order valence-electron chi connectivity index (χ3n) is 2.80. The van der Waals surface area contributed by atoms with E-state index in [1.54, 1.807) is 0 Å². The summed E-state index contributed by atoms with van der Waals surface area (Å²) in [6.07, 6.45) is 3.92. The standard InChI is InChI=1S/C10H18O/c1-9(2,3)7-10-4-8(5-10)6-11-10/h8H,4-7H2,1-3H3. The molecule has 0 aromatic rings. The summed E-state index contributed by atoms with van der Waals surface area (Å²) in [5.74, 6) is 0.914. The molecule has 1 heteroatoms. The number of rotatable bonds is 1. The summed E-state index contributed by atoms with van der Waals surface area (Å²) in [7, 11) is 0. The molecule has 11 heavy (non-hydrogen) atoms. The zero-order valence-corrected chi connectivity index (χ0v) is 7.81. The molecule has 0 aromatic heterocycles. The first kappa shape index (κ1) is 7.60. The Morgan fingerprint density at radius 3 is 2.36 bits per heavy atom. The summed E-state index contributed by atoms with van der Waals surface area (Å²) < 4.78 is 5.79. The maximum absolute atomic E-state index is 5.79. The van der Waals surface area contributed by atoms with E-state index in [4.69, 9.17) is 4.74 Å². The van der Waals surface area contributed by atoms with Crippen LogP contribution in [-0.2, 0) is 4.74 Å². The first-order valence-electron chi connectivity index (χ1n) is 4.63. The highest BCUT2D eigenvalue weighted by Gasteiger charge is 2.52. The van der Waals surface area contributed by atoms with Crippen LogP contribution in [-0.4, -0.2) is 12.2 Å². The van der Waals surface area contributed by atoms with E-state index < -0.39 is 0 Å². The molecule has 1 saturated carbocycles. The predicted molar refractivity (Wildman–Crippen MR) is 45.5 cm³/mol. The van der Waals surface area contributed by atoms with Crippen LogP contribution < -0.4 is 0 Å². The lowest BCUT2D eigenvalue weighted by atomic mass is 9.67. The van der Waals surface area contributed by atoms with Gasteiger partial charge in [0.25, 0.3) is 0 Å². The summed E-state index contributed by atoms with van der Waals surface area (Å²) in [6, 6.07) is 0. The van der Waals surface area contributed by atoms with E-state index in [1.165, 1.54) is 19.3 Å². The van der Waals surface area contributed by atoms with E-state index in [2.05, 4.69) is 20.8 Å². The van der Waals surface area contributed by atoms with Gasteiger partial charge in [-0.25, -0.2) is 0 Å². The summed E-state index contributed by atoms with van der Waals surface area (Å²) in [5.41, 5.74) is 0.762. The molecule has 0 unspecified atom stereocenters. The van der Waals surface area contributed by atoms with Gasteiger partial charge in [0, 0.05) is 0 Å². The first-order chi connectivity index (χ1) is 4.99. The first-order valence-corrected chi connectivity index (χ1v) is 4.63. The zero-order valence-electron chi connectivity index (χ0n) is 7.81. The van der Waals surface area contributed by atoms with E-state index in [9.17, 15) is 0 Å². The molecule has 3 fully saturated rings. The third kappa shape index (κ3) is 1.31. The van der Waals surface area contributed by atoms with Gasteiger partial charge < -0.3 is 4.74 Å². The molecule has 2 aliphatic heterocycles. The third-order valence-corrected chi connectivity index (χ3v) is 2.80. The van der Waals surface area contributed by atoms with Gasteiger partial charge in [0.05, 0.1) is 12.2 Å². The fourth-order valence-corrected chi connectivity index (χ4v) is 2.68. The monoisotopic (exact) mass is 154 g/mol. The molecule has 0 radical (unpaired) electrons. The lowest BCUT2D eigenvalue weighted by molar-refractivity contribution is -0.0310. The molecule has 2 heterocycles. The van der Waals surface area contributed by atoms with Crippen molar-refractivity contribution in [2.24, 2.45) is 11.3 Å². The average molecular weight is 154 g/mol. The molecule has 1 nitrogen and oxygen atoms in total. The van der Waals surface area contributed by atoms with Gasteiger partial charge in [-0.1, -0.05) is 20.8 Å². The van der Waals surface area contributed by atoms with Crippen molar-refractivity contribution >= 4 is 0 Å². The van der Waals surface area contributed by atoms with Gasteiger partial charge >= 0.3 is 0 Å². The highest BCUT2D eigenvalue weighted by Crippen LogP contribution is 2.53. The smallest absolute Gasteiger partial charge is 0.0694 e. The predicted octanol–water partition coefficient (Wildman–Crippen LogP) is 2.60. The Bertz CT molecular complexity index is 155. The van der Waals surface area contributed by atoms with Crippen LogP contribution in [0, 0.1) is 11.3 Å². The second-order valence-corrected chi connectivity index (χ2v) is 5.51. The van der Waals surface area contributed by atoms with E-state index in [-0.39, 0.29) is 0 Å². The van der Waals surface area contributed by atoms with Crippen molar-refractivity contribution in [3.05, 3.63) is 0 Å². The summed E-state index contributed by atoms with van der Waals surface area (Å²) >= 11 is 0. The van der Waals surface area contributed by atoms with Gasteiger partial charge in [0.15, 0.2) is 0 Å². The minimum Gasteiger partial charge on any atom is -0.375 e. The molecule has 1 aliphatic carbocycles. The van der Waals surface area contributed by atoms with Crippen LogP contribution in [0.15, 0.2) is 0 Å². The lowest BCUT2D eigenvalue weighted by Gasteiger charge is -2.40. The number of hydrogen-bond acceptors (Lipinski definition) is 1. The van der Waals surface area contributed by atoms with Gasteiger partial charge in [-0.15, -0.1) is 0 Å². The SMILES string of the molecule is CC(C)(C)CC12CC(CO1)C2. The Morgan fingerprint density at radius 2 is 2.00 bits per heavy atom. The molecule has 0 N–H and O–H groups in total. The van der Waals surface area contributed by atoms with E-state index in [1.807, 2.05) is 0 Å². The van der Waals surface area contributed by atoms with Crippen molar-refractivity contribution < 1.29 is 4.74 Å². The van der Waals surface area contributed by atoms with Crippen molar-refractivity contribution in [1.82, 2.24) is 0 Å². The molecule has 2 bridgehead atoms. The molecular weight excluding hydrogens is 136 g/mol. The van der Waals surface area contributed by atoms with Crippen LogP contribution in [0.3, 0.4) is 0 Å². The Morgan fingerprint density at radius 1 is 1.36 bits per heavy atom. The Kier molecular flexibility index (Phi) is 1.39. The van der Waals surface area contributed by atoms with Crippen LogP contribution in [0.5, 0.6) is 0 Å². The van der Waals surface area contributed by atoms with Gasteiger partial charge in [0.2, 0.25) is 0 Å². The van der Waals surface area contributed by atoms with Gasteiger partial charge in [-0.2, -0.15) is 0 Å². The highest BCUT2D eigenvalue weighted by molar-refractivity contribution is 5.03. The van der Waals surface area contributed by atoms with Crippen LogP contribution in [0.2, 0.25) is 0 Å².